The first-order valence-corrected chi connectivity index (χ1v) is 8.48. The zero-order valence-electron chi connectivity index (χ0n) is 13.4. The molecule has 1 aliphatic carbocycles. The van der Waals surface area contributed by atoms with Crippen molar-refractivity contribution < 1.29 is 14.3 Å². The van der Waals surface area contributed by atoms with Crippen LogP contribution < -0.4 is 5.32 Å². The van der Waals surface area contributed by atoms with Gasteiger partial charge in [-0.25, -0.2) is 9.78 Å². The molecule has 6 nitrogen and oxygen atoms in total. The van der Waals surface area contributed by atoms with Crippen LogP contribution in [0.5, 0.6) is 0 Å². The molecule has 2 aliphatic rings. The van der Waals surface area contributed by atoms with Gasteiger partial charge in [0.2, 0.25) is 5.91 Å². The number of hydrogen-bond donors (Lipinski definition) is 1. The summed E-state index contributed by atoms with van der Waals surface area (Å²) in [5, 5.41) is 2.78. The molecule has 3 rings (SSSR count). The number of ether oxygens (including phenoxy) is 1. The topological polar surface area (TPSA) is 71.5 Å². The molecule has 0 bridgehead atoms. The minimum atomic E-state index is -0.572. The molecule has 1 saturated carbocycles. The molecule has 1 aromatic heterocycles. The van der Waals surface area contributed by atoms with Gasteiger partial charge in [-0.05, 0) is 67.6 Å². The summed E-state index contributed by atoms with van der Waals surface area (Å²) in [6.07, 6.45) is 1.23. The van der Waals surface area contributed by atoms with Crippen LogP contribution in [0.15, 0.2) is 22.8 Å². The minimum absolute atomic E-state index is 0.135. The summed E-state index contributed by atoms with van der Waals surface area (Å²) in [6, 6.07) is 4.94. The van der Waals surface area contributed by atoms with E-state index in [1.807, 2.05) is 20.8 Å². The number of anilines is 1. The van der Waals surface area contributed by atoms with E-state index in [2.05, 4.69) is 26.2 Å². The largest absolute Gasteiger partial charge is 0.444 e. The molecule has 1 aromatic rings. The number of nitrogens with zero attached hydrogens (tertiary/aromatic N) is 2. The van der Waals surface area contributed by atoms with Crippen LogP contribution in [0, 0.1) is 5.92 Å². The molecule has 23 heavy (non-hydrogen) atoms. The fourth-order valence-corrected chi connectivity index (χ4v) is 3.30. The third-order valence-electron chi connectivity index (χ3n) is 3.98. The maximum Gasteiger partial charge on any atom is 0.411 e. The number of carbonyl (C=O) groups is 2. The van der Waals surface area contributed by atoms with Crippen molar-refractivity contribution in [2.45, 2.75) is 51.3 Å². The Morgan fingerprint density at radius 2 is 2.09 bits per heavy atom. The van der Waals surface area contributed by atoms with Gasteiger partial charge in [0.1, 0.15) is 22.1 Å². The van der Waals surface area contributed by atoms with Crippen molar-refractivity contribution in [3.8, 4) is 0 Å². The predicted octanol–water partition coefficient (Wildman–Crippen LogP) is 3.18. The Hall–Kier alpha value is -1.63. The lowest BCUT2D eigenvalue weighted by Gasteiger charge is -2.29. The van der Waals surface area contributed by atoms with Crippen molar-refractivity contribution in [2.24, 2.45) is 5.92 Å². The second kappa shape index (κ2) is 5.78. The monoisotopic (exact) mass is 381 g/mol. The summed E-state index contributed by atoms with van der Waals surface area (Å²) in [6.45, 7) is 5.48. The molecule has 1 N–H and O–H groups in total. The summed E-state index contributed by atoms with van der Waals surface area (Å²) >= 11 is 3.27. The molecule has 1 aliphatic heterocycles. The second-order valence-electron chi connectivity index (χ2n) is 7.04. The number of likely N-dealkylation sites (tertiary alicyclic amines) is 1. The molecular weight excluding hydrogens is 362 g/mol. The van der Waals surface area contributed by atoms with Crippen molar-refractivity contribution in [3.63, 3.8) is 0 Å². The van der Waals surface area contributed by atoms with Gasteiger partial charge in [-0.3, -0.25) is 9.69 Å². The molecule has 0 spiro atoms. The lowest BCUT2D eigenvalue weighted by molar-refractivity contribution is -0.121. The van der Waals surface area contributed by atoms with Crippen molar-refractivity contribution in [3.05, 3.63) is 22.8 Å². The third kappa shape index (κ3) is 3.65. The first kappa shape index (κ1) is 16.2. The lowest BCUT2D eigenvalue weighted by Crippen LogP contribution is -2.47. The van der Waals surface area contributed by atoms with Gasteiger partial charge in [0, 0.05) is 6.04 Å². The van der Waals surface area contributed by atoms with Gasteiger partial charge in [0.25, 0.3) is 0 Å². The number of piperidine rings is 1. The Kier molecular flexibility index (Phi) is 4.08. The van der Waals surface area contributed by atoms with Crippen LogP contribution in [0.4, 0.5) is 10.6 Å². The summed E-state index contributed by atoms with van der Waals surface area (Å²) < 4.78 is 6.10. The number of rotatable bonds is 2. The number of hydrogen-bond acceptors (Lipinski definition) is 4. The standard InChI is InChI=1S/C16H20BrN3O3/c1-16(2,3)23-15(22)20-10-7-9(10)8-11(20)14(21)19-13-6-4-5-12(17)18-13/h4-6,9-11H,7-8H2,1-3H3,(H,18,19,21)/t9-,10-,11-/m1/s1. The van der Waals surface area contributed by atoms with E-state index in [4.69, 9.17) is 4.74 Å². The quantitative estimate of drug-likeness (QED) is 0.798. The predicted molar refractivity (Wildman–Crippen MR) is 88.9 cm³/mol. The summed E-state index contributed by atoms with van der Waals surface area (Å²) in [5.41, 5.74) is -0.572. The van der Waals surface area contributed by atoms with Gasteiger partial charge >= 0.3 is 6.09 Å². The fraction of sp³-hybridized carbons (Fsp3) is 0.562. The van der Waals surface area contributed by atoms with E-state index < -0.39 is 17.7 Å². The van der Waals surface area contributed by atoms with Gasteiger partial charge in [-0.15, -0.1) is 0 Å². The van der Waals surface area contributed by atoms with E-state index in [1.54, 1.807) is 23.1 Å². The smallest absolute Gasteiger partial charge is 0.411 e. The molecular formula is C16H20BrN3O3. The third-order valence-corrected chi connectivity index (χ3v) is 4.42. The fourth-order valence-electron chi connectivity index (χ4n) is 2.96. The Labute approximate surface area is 143 Å². The summed E-state index contributed by atoms with van der Waals surface area (Å²) in [4.78, 5) is 30.8. The number of nitrogens with one attached hydrogen (secondary N) is 1. The average Bonchev–Trinajstić information content (AvgIpc) is 3.06. The SMILES string of the molecule is CC(C)(C)OC(=O)N1[C@@H](C(=O)Nc2cccc(Br)n2)C[C@H]2C[C@H]21. The van der Waals surface area contributed by atoms with Crippen molar-refractivity contribution >= 4 is 33.7 Å². The Bertz CT molecular complexity index is 644. The van der Waals surface area contributed by atoms with Crippen LogP contribution in [0.1, 0.15) is 33.6 Å². The molecule has 2 amide bonds. The van der Waals surface area contributed by atoms with Gasteiger partial charge in [-0.2, -0.15) is 0 Å². The zero-order chi connectivity index (χ0) is 16.8. The van der Waals surface area contributed by atoms with E-state index in [1.165, 1.54) is 0 Å². The second-order valence-corrected chi connectivity index (χ2v) is 7.85. The molecule has 0 aromatic carbocycles. The van der Waals surface area contributed by atoms with Gasteiger partial charge in [0.05, 0.1) is 0 Å². The van der Waals surface area contributed by atoms with Crippen molar-refractivity contribution in [2.75, 3.05) is 5.32 Å². The van der Waals surface area contributed by atoms with Crippen LogP contribution in [-0.4, -0.2) is 39.6 Å². The van der Waals surface area contributed by atoms with Crippen LogP contribution in [0.2, 0.25) is 0 Å². The Morgan fingerprint density at radius 1 is 1.35 bits per heavy atom. The maximum atomic E-state index is 12.6. The lowest BCUT2D eigenvalue weighted by atomic mass is 10.1. The summed E-state index contributed by atoms with van der Waals surface area (Å²) in [5.74, 6) is 0.663. The number of amides is 2. The van der Waals surface area contributed by atoms with Crippen LogP contribution >= 0.6 is 15.9 Å². The molecule has 2 fully saturated rings. The highest BCUT2D eigenvalue weighted by molar-refractivity contribution is 9.10. The van der Waals surface area contributed by atoms with Gasteiger partial charge in [0.15, 0.2) is 0 Å². The van der Waals surface area contributed by atoms with Gasteiger partial charge in [-0.1, -0.05) is 6.07 Å². The molecule has 124 valence electrons. The molecule has 7 heteroatoms. The zero-order valence-corrected chi connectivity index (χ0v) is 15.0. The molecule has 3 atom stereocenters. The summed E-state index contributed by atoms with van der Waals surface area (Å²) in [7, 11) is 0. The van der Waals surface area contributed by atoms with Crippen LogP contribution in [0.25, 0.3) is 0 Å². The van der Waals surface area contributed by atoms with E-state index in [0.717, 1.165) is 6.42 Å². The highest BCUT2D eigenvalue weighted by atomic mass is 79.9. The first-order chi connectivity index (χ1) is 10.7. The van der Waals surface area contributed by atoms with E-state index in [-0.39, 0.29) is 11.9 Å². The van der Waals surface area contributed by atoms with Crippen molar-refractivity contribution in [1.82, 2.24) is 9.88 Å². The van der Waals surface area contributed by atoms with Gasteiger partial charge < -0.3 is 10.1 Å². The normalized spacial score (nSPS) is 25.7. The number of fused-ring (bicyclic) bond motifs is 1. The minimum Gasteiger partial charge on any atom is -0.444 e. The first-order valence-electron chi connectivity index (χ1n) is 7.69. The average molecular weight is 382 g/mol. The number of pyridine rings is 1. The Balaban J connectivity index is 1.71. The maximum absolute atomic E-state index is 12.6. The Morgan fingerprint density at radius 3 is 2.74 bits per heavy atom. The number of carbonyl (C=O) groups excluding carboxylic acids is 2. The van der Waals surface area contributed by atoms with Crippen molar-refractivity contribution in [1.29, 1.82) is 0 Å². The number of halogens is 1. The van der Waals surface area contributed by atoms with E-state index in [9.17, 15) is 9.59 Å². The van der Waals surface area contributed by atoms with Crippen LogP contribution in [-0.2, 0) is 9.53 Å². The molecule has 1 saturated heterocycles. The molecule has 0 unspecified atom stereocenters. The molecule has 2 heterocycles. The van der Waals surface area contributed by atoms with Crippen LogP contribution in [0.3, 0.4) is 0 Å². The highest BCUT2D eigenvalue weighted by Gasteiger charge is 2.57. The molecule has 0 radical (unpaired) electrons. The van der Waals surface area contributed by atoms with E-state index >= 15 is 0 Å². The number of aromatic nitrogens is 1. The highest BCUT2D eigenvalue weighted by Crippen LogP contribution is 2.48. The van der Waals surface area contributed by atoms with E-state index in [0.29, 0.717) is 22.8 Å².